The lowest BCUT2D eigenvalue weighted by atomic mass is 9.86. The number of anilines is 1. The van der Waals surface area contributed by atoms with Crippen molar-refractivity contribution in [2.45, 2.75) is 19.8 Å². The van der Waals surface area contributed by atoms with Crippen LogP contribution >= 0.6 is 0 Å². The summed E-state index contributed by atoms with van der Waals surface area (Å²) in [5.74, 6) is 0.505. The zero-order valence-corrected chi connectivity index (χ0v) is 15.7. The number of sulfonamides is 1. The summed E-state index contributed by atoms with van der Waals surface area (Å²) >= 11 is 0. The minimum Gasteiger partial charge on any atom is -0.369 e. The Bertz CT molecular complexity index is 897. The first kappa shape index (κ1) is 18.7. The molecule has 0 radical (unpaired) electrons. The SMILES string of the molecule is C[C@H]1C[C@@H](CC(=O)CNS(C)(=O)=O)CN(c2ccnc3nccnc23)C1. The third-order valence-corrected chi connectivity index (χ3v) is 5.15. The van der Waals surface area contributed by atoms with E-state index < -0.39 is 10.0 Å². The average Bonchev–Trinajstić information content (AvgIpc) is 2.58. The number of nitrogens with one attached hydrogen (secondary N) is 1. The molecule has 0 saturated carbocycles. The number of pyridine rings is 1. The van der Waals surface area contributed by atoms with Crippen molar-refractivity contribution in [1.29, 1.82) is 0 Å². The quantitative estimate of drug-likeness (QED) is 0.800. The van der Waals surface area contributed by atoms with Crippen LogP contribution in [-0.2, 0) is 14.8 Å². The van der Waals surface area contributed by atoms with Gasteiger partial charge < -0.3 is 4.90 Å². The van der Waals surface area contributed by atoms with Crippen molar-refractivity contribution in [2.24, 2.45) is 11.8 Å². The Labute approximate surface area is 153 Å². The number of carbonyl (C=O) groups is 1. The number of piperidine rings is 1. The molecule has 1 aliphatic heterocycles. The molecule has 0 bridgehead atoms. The van der Waals surface area contributed by atoms with E-state index in [1.165, 1.54) is 0 Å². The first-order valence-electron chi connectivity index (χ1n) is 8.59. The average molecular weight is 377 g/mol. The van der Waals surface area contributed by atoms with Crippen LogP contribution in [0.25, 0.3) is 11.2 Å². The second kappa shape index (κ2) is 7.63. The van der Waals surface area contributed by atoms with Crippen LogP contribution in [0, 0.1) is 11.8 Å². The number of carbonyl (C=O) groups excluding carboxylic acids is 1. The topological polar surface area (TPSA) is 105 Å². The van der Waals surface area contributed by atoms with E-state index in [0.717, 1.165) is 37.0 Å². The van der Waals surface area contributed by atoms with Crippen LogP contribution in [0.1, 0.15) is 19.8 Å². The molecular formula is C17H23N5O3S. The second-order valence-electron chi connectivity index (χ2n) is 7.01. The van der Waals surface area contributed by atoms with Crippen LogP contribution in [-0.4, -0.2) is 55.0 Å². The molecule has 0 unspecified atom stereocenters. The number of hydrogen-bond donors (Lipinski definition) is 1. The minimum atomic E-state index is -3.35. The van der Waals surface area contributed by atoms with Gasteiger partial charge in [0.2, 0.25) is 10.0 Å². The second-order valence-corrected chi connectivity index (χ2v) is 8.84. The highest BCUT2D eigenvalue weighted by atomic mass is 32.2. The maximum absolute atomic E-state index is 12.1. The Kier molecular flexibility index (Phi) is 5.47. The molecule has 2 aromatic rings. The number of hydrogen-bond acceptors (Lipinski definition) is 7. The van der Waals surface area contributed by atoms with Crippen LogP contribution in [0.2, 0.25) is 0 Å². The molecule has 140 valence electrons. The van der Waals surface area contributed by atoms with Gasteiger partial charge in [-0.05, 0) is 24.3 Å². The normalized spacial score (nSPS) is 21.1. The van der Waals surface area contributed by atoms with E-state index in [1.807, 2.05) is 6.07 Å². The van der Waals surface area contributed by atoms with Crippen LogP contribution in [0.5, 0.6) is 0 Å². The molecule has 0 amide bonds. The van der Waals surface area contributed by atoms with E-state index in [-0.39, 0.29) is 18.2 Å². The summed E-state index contributed by atoms with van der Waals surface area (Å²) in [5.41, 5.74) is 2.34. The monoisotopic (exact) mass is 377 g/mol. The number of Topliss-reactive ketones (excluding diaryl/α,β-unsaturated/α-hetero) is 1. The van der Waals surface area contributed by atoms with Crippen LogP contribution in [0.4, 0.5) is 5.69 Å². The van der Waals surface area contributed by atoms with Crippen molar-refractivity contribution in [3.05, 3.63) is 24.7 Å². The molecular weight excluding hydrogens is 354 g/mol. The van der Waals surface area contributed by atoms with Crippen LogP contribution in [0.15, 0.2) is 24.7 Å². The van der Waals surface area contributed by atoms with Gasteiger partial charge in [0.25, 0.3) is 0 Å². The van der Waals surface area contributed by atoms with Gasteiger partial charge in [-0.25, -0.2) is 28.1 Å². The highest BCUT2D eigenvalue weighted by molar-refractivity contribution is 7.88. The largest absolute Gasteiger partial charge is 0.369 e. The lowest BCUT2D eigenvalue weighted by molar-refractivity contribution is -0.119. The summed E-state index contributed by atoms with van der Waals surface area (Å²) < 4.78 is 24.6. The fraction of sp³-hybridized carbons (Fsp3) is 0.529. The third kappa shape index (κ3) is 4.73. The Morgan fingerprint density at radius 3 is 2.73 bits per heavy atom. The van der Waals surface area contributed by atoms with Gasteiger partial charge in [-0.1, -0.05) is 6.92 Å². The van der Waals surface area contributed by atoms with Crippen molar-refractivity contribution in [2.75, 3.05) is 30.8 Å². The van der Waals surface area contributed by atoms with Gasteiger partial charge in [-0.2, -0.15) is 0 Å². The summed E-state index contributed by atoms with van der Waals surface area (Å²) in [7, 11) is -3.35. The third-order valence-electron chi connectivity index (χ3n) is 4.49. The molecule has 3 rings (SSSR count). The maximum atomic E-state index is 12.1. The standard InChI is InChI=1S/C17H23N5O3S/c1-12-7-13(8-14(23)9-21-26(2,24)25)11-22(10-12)15-3-4-19-17-16(15)18-5-6-20-17/h3-6,12-13,21H,7-11H2,1-2H3/t12-,13-/m0/s1. The minimum absolute atomic E-state index is 0.0890. The Morgan fingerprint density at radius 2 is 1.96 bits per heavy atom. The summed E-state index contributed by atoms with van der Waals surface area (Å²) in [6.45, 7) is 3.62. The van der Waals surface area contributed by atoms with Crippen molar-refractivity contribution >= 4 is 32.7 Å². The Morgan fingerprint density at radius 1 is 1.23 bits per heavy atom. The maximum Gasteiger partial charge on any atom is 0.209 e. The van der Waals surface area contributed by atoms with E-state index in [4.69, 9.17) is 0 Å². The molecule has 1 N–H and O–H groups in total. The van der Waals surface area contributed by atoms with Gasteiger partial charge in [0.15, 0.2) is 5.65 Å². The lowest BCUT2D eigenvalue weighted by Crippen LogP contribution is -2.41. The molecule has 0 spiro atoms. The predicted molar refractivity (Wildman–Crippen MR) is 99.3 cm³/mol. The molecule has 0 aromatic carbocycles. The van der Waals surface area contributed by atoms with Crippen LogP contribution in [0.3, 0.4) is 0 Å². The van der Waals surface area contributed by atoms with Crippen LogP contribution < -0.4 is 9.62 Å². The van der Waals surface area contributed by atoms with E-state index in [0.29, 0.717) is 18.0 Å². The molecule has 9 heteroatoms. The van der Waals surface area contributed by atoms with Gasteiger partial charge in [0.1, 0.15) is 11.3 Å². The molecule has 3 heterocycles. The zero-order chi connectivity index (χ0) is 18.7. The molecule has 8 nitrogen and oxygen atoms in total. The smallest absolute Gasteiger partial charge is 0.209 e. The van der Waals surface area contributed by atoms with Gasteiger partial charge in [-0.15, -0.1) is 0 Å². The highest BCUT2D eigenvalue weighted by Gasteiger charge is 2.28. The molecule has 2 aromatic heterocycles. The fourth-order valence-corrected chi connectivity index (χ4v) is 3.97. The molecule has 26 heavy (non-hydrogen) atoms. The molecule has 1 saturated heterocycles. The molecule has 1 fully saturated rings. The van der Waals surface area contributed by atoms with Crippen molar-refractivity contribution in [3.63, 3.8) is 0 Å². The summed E-state index contributed by atoms with van der Waals surface area (Å²) in [6, 6.07) is 1.93. The zero-order valence-electron chi connectivity index (χ0n) is 14.9. The van der Waals surface area contributed by atoms with Gasteiger partial charge in [-0.3, -0.25) is 4.79 Å². The number of fused-ring (bicyclic) bond motifs is 1. The number of aromatic nitrogens is 3. The van der Waals surface area contributed by atoms with Gasteiger partial charge in [0, 0.05) is 38.1 Å². The van der Waals surface area contributed by atoms with E-state index in [2.05, 4.69) is 31.5 Å². The molecule has 1 aliphatic rings. The molecule has 2 atom stereocenters. The van der Waals surface area contributed by atoms with E-state index in [1.54, 1.807) is 18.6 Å². The van der Waals surface area contributed by atoms with E-state index >= 15 is 0 Å². The first-order valence-corrected chi connectivity index (χ1v) is 10.5. The number of nitrogens with zero attached hydrogens (tertiary/aromatic N) is 4. The Balaban J connectivity index is 1.73. The highest BCUT2D eigenvalue weighted by Crippen LogP contribution is 2.31. The summed E-state index contributed by atoms with van der Waals surface area (Å²) in [5, 5.41) is 0. The predicted octanol–water partition coefficient (Wildman–Crippen LogP) is 0.996. The van der Waals surface area contributed by atoms with Crippen molar-refractivity contribution < 1.29 is 13.2 Å². The van der Waals surface area contributed by atoms with Crippen molar-refractivity contribution in [1.82, 2.24) is 19.7 Å². The summed E-state index contributed by atoms with van der Waals surface area (Å²) in [6.07, 6.45) is 7.35. The number of ketones is 1. The Hall–Kier alpha value is -2.13. The van der Waals surface area contributed by atoms with Crippen molar-refractivity contribution in [3.8, 4) is 0 Å². The fourth-order valence-electron chi connectivity index (χ4n) is 3.55. The first-order chi connectivity index (χ1) is 12.3. The van der Waals surface area contributed by atoms with Gasteiger partial charge in [0.05, 0.1) is 18.5 Å². The molecule has 0 aliphatic carbocycles. The van der Waals surface area contributed by atoms with Gasteiger partial charge >= 0.3 is 0 Å². The summed E-state index contributed by atoms with van der Waals surface area (Å²) in [4.78, 5) is 27.3. The number of rotatable bonds is 6. The lowest BCUT2D eigenvalue weighted by Gasteiger charge is -2.38. The van der Waals surface area contributed by atoms with E-state index in [9.17, 15) is 13.2 Å².